The normalized spacial score (nSPS) is 35.2. The van der Waals surface area contributed by atoms with E-state index in [2.05, 4.69) is 0 Å². The molecule has 0 aromatic heterocycles. The second-order valence-electron chi connectivity index (χ2n) is 10.2. The van der Waals surface area contributed by atoms with Crippen LogP contribution in [-0.2, 0) is 16.1 Å². The lowest BCUT2D eigenvalue weighted by Crippen LogP contribution is -2.57. The quantitative estimate of drug-likeness (QED) is 0.727. The van der Waals surface area contributed by atoms with E-state index in [1.807, 2.05) is 36.2 Å². The van der Waals surface area contributed by atoms with Crippen molar-refractivity contribution in [2.45, 2.75) is 64.0 Å². The maximum atomic E-state index is 13.8. The first-order valence-corrected chi connectivity index (χ1v) is 11.6. The van der Waals surface area contributed by atoms with Gasteiger partial charge in [0.25, 0.3) is 0 Å². The van der Waals surface area contributed by atoms with Crippen molar-refractivity contribution in [2.24, 2.45) is 23.2 Å². The van der Waals surface area contributed by atoms with E-state index in [-0.39, 0.29) is 17.4 Å². The van der Waals surface area contributed by atoms with Crippen LogP contribution < -0.4 is 0 Å². The van der Waals surface area contributed by atoms with Crippen LogP contribution in [0.25, 0.3) is 0 Å². The Morgan fingerprint density at radius 2 is 1.79 bits per heavy atom. The number of nitrogens with zero attached hydrogens (tertiary/aromatic N) is 2. The predicted molar refractivity (Wildman–Crippen MR) is 113 cm³/mol. The monoisotopic (exact) mass is 414 g/mol. The summed E-state index contributed by atoms with van der Waals surface area (Å²) in [5.41, 5.74) is 0.855. The molecule has 156 valence electrons. The molecule has 1 saturated heterocycles. The number of amides is 2. The minimum atomic E-state index is -0.292. The van der Waals surface area contributed by atoms with E-state index in [9.17, 15) is 9.59 Å². The topological polar surface area (TPSA) is 40.6 Å². The van der Waals surface area contributed by atoms with Gasteiger partial charge >= 0.3 is 0 Å². The summed E-state index contributed by atoms with van der Waals surface area (Å²) in [4.78, 5) is 30.8. The van der Waals surface area contributed by atoms with Crippen LogP contribution in [0.3, 0.4) is 0 Å². The third kappa shape index (κ3) is 3.48. The Balaban J connectivity index is 1.31. The maximum Gasteiger partial charge on any atom is 0.245 e. The van der Waals surface area contributed by atoms with Gasteiger partial charge in [0.05, 0.1) is 5.41 Å². The molecule has 1 unspecified atom stereocenters. The van der Waals surface area contributed by atoms with E-state index in [4.69, 9.17) is 11.6 Å². The fourth-order valence-corrected chi connectivity index (χ4v) is 7.40. The SMILES string of the molecule is CN(Cc1cccc(Cl)c1)C(=O)C1CCCN1C(=O)C12CC3CC(CC(C3)C1)C2. The minimum absolute atomic E-state index is 0.0700. The van der Waals surface area contributed by atoms with Crippen molar-refractivity contribution in [2.75, 3.05) is 13.6 Å². The van der Waals surface area contributed by atoms with E-state index in [1.54, 1.807) is 4.90 Å². The number of likely N-dealkylation sites (tertiary alicyclic amines) is 1. The molecule has 0 N–H and O–H groups in total. The highest BCUT2D eigenvalue weighted by molar-refractivity contribution is 6.30. The molecule has 5 heteroatoms. The van der Waals surface area contributed by atoms with Crippen LogP contribution in [0.15, 0.2) is 24.3 Å². The molecule has 29 heavy (non-hydrogen) atoms. The summed E-state index contributed by atoms with van der Waals surface area (Å²) in [6.45, 7) is 1.26. The lowest BCUT2D eigenvalue weighted by molar-refractivity contribution is -0.161. The van der Waals surface area contributed by atoms with Gasteiger partial charge < -0.3 is 9.80 Å². The second kappa shape index (κ2) is 7.30. The van der Waals surface area contributed by atoms with Crippen LogP contribution in [-0.4, -0.2) is 41.2 Å². The van der Waals surface area contributed by atoms with Crippen LogP contribution >= 0.6 is 11.6 Å². The molecule has 6 rings (SSSR count). The van der Waals surface area contributed by atoms with Crippen molar-refractivity contribution >= 4 is 23.4 Å². The molecule has 4 saturated carbocycles. The Bertz CT molecular complexity index is 788. The average molecular weight is 415 g/mol. The van der Waals surface area contributed by atoms with Crippen LogP contribution in [0, 0.1) is 23.2 Å². The van der Waals surface area contributed by atoms with Crippen molar-refractivity contribution in [1.29, 1.82) is 0 Å². The van der Waals surface area contributed by atoms with Crippen LogP contribution in [0.4, 0.5) is 0 Å². The Morgan fingerprint density at radius 1 is 1.14 bits per heavy atom. The fourth-order valence-electron chi connectivity index (χ4n) is 7.19. The number of carbonyl (C=O) groups excluding carboxylic acids is 2. The van der Waals surface area contributed by atoms with Crippen molar-refractivity contribution in [3.8, 4) is 0 Å². The highest BCUT2D eigenvalue weighted by Gasteiger charge is 2.56. The highest BCUT2D eigenvalue weighted by atomic mass is 35.5. The molecule has 4 aliphatic carbocycles. The third-order valence-corrected chi connectivity index (χ3v) is 8.21. The summed E-state index contributed by atoms with van der Waals surface area (Å²) in [6, 6.07) is 7.35. The molecule has 4 nitrogen and oxygen atoms in total. The van der Waals surface area contributed by atoms with Crippen LogP contribution in [0.2, 0.25) is 5.02 Å². The van der Waals surface area contributed by atoms with E-state index in [0.717, 1.165) is 62.0 Å². The lowest BCUT2D eigenvalue weighted by Gasteiger charge is -2.56. The molecule has 1 aromatic rings. The molecular weight excluding hydrogens is 384 g/mol. The van der Waals surface area contributed by atoms with Gasteiger partial charge in [-0.05, 0) is 86.8 Å². The van der Waals surface area contributed by atoms with Crippen molar-refractivity contribution in [3.63, 3.8) is 0 Å². The molecule has 4 bridgehead atoms. The molecule has 2 amide bonds. The maximum absolute atomic E-state index is 13.8. The first kappa shape index (κ1) is 19.4. The summed E-state index contributed by atoms with van der Waals surface area (Å²) >= 11 is 6.09. The fraction of sp³-hybridized carbons (Fsp3) is 0.667. The zero-order valence-electron chi connectivity index (χ0n) is 17.3. The summed E-state index contributed by atoms with van der Waals surface area (Å²) in [7, 11) is 1.84. The average Bonchev–Trinajstić information content (AvgIpc) is 3.15. The molecule has 1 aromatic carbocycles. The van der Waals surface area contributed by atoms with Crippen molar-refractivity contribution < 1.29 is 9.59 Å². The lowest BCUT2D eigenvalue weighted by atomic mass is 9.49. The zero-order chi connectivity index (χ0) is 20.2. The summed E-state index contributed by atoms with van der Waals surface area (Å²) in [5, 5.41) is 0.683. The van der Waals surface area contributed by atoms with Crippen molar-refractivity contribution in [1.82, 2.24) is 9.80 Å². The second-order valence-corrected chi connectivity index (χ2v) is 10.6. The van der Waals surface area contributed by atoms with Crippen LogP contribution in [0.5, 0.6) is 0 Å². The molecule has 5 aliphatic rings. The molecule has 1 aliphatic heterocycles. The first-order chi connectivity index (χ1) is 13.9. The van der Waals surface area contributed by atoms with Gasteiger partial charge in [-0.25, -0.2) is 0 Å². The van der Waals surface area contributed by atoms with E-state index in [0.29, 0.717) is 17.5 Å². The van der Waals surface area contributed by atoms with E-state index in [1.165, 1.54) is 19.3 Å². The van der Waals surface area contributed by atoms with Crippen LogP contribution in [0.1, 0.15) is 56.9 Å². The van der Waals surface area contributed by atoms with Gasteiger partial charge in [-0.1, -0.05) is 23.7 Å². The number of hydrogen-bond acceptors (Lipinski definition) is 2. The summed E-state index contributed by atoms with van der Waals surface area (Å²) in [5.74, 6) is 2.59. The standard InChI is InChI=1S/C24H31ClN2O2/c1-26(15-16-4-2-5-20(25)11-16)22(28)21-6-3-7-27(21)23(29)24-12-17-8-18(13-24)10-19(9-17)14-24/h2,4-5,11,17-19,21H,3,6-10,12-15H2,1H3. The van der Waals surface area contributed by atoms with Gasteiger partial charge in [0.15, 0.2) is 0 Å². The van der Waals surface area contributed by atoms with Gasteiger partial charge in [0.2, 0.25) is 11.8 Å². The molecular formula is C24H31ClN2O2. The van der Waals surface area contributed by atoms with E-state index < -0.39 is 0 Å². The number of benzene rings is 1. The van der Waals surface area contributed by atoms with Gasteiger partial charge in [0, 0.05) is 25.2 Å². The number of halogens is 1. The predicted octanol–water partition coefficient (Wildman–Crippen LogP) is 4.51. The summed E-state index contributed by atoms with van der Waals surface area (Å²) < 4.78 is 0. The Kier molecular flexibility index (Phi) is 4.89. The van der Waals surface area contributed by atoms with Gasteiger partial charge in [-0.3, -0.25) is 9.59 Å². The first-order valence-electron chi connectivity index (χ1n) is 11.2. The Hall–Kier alpha value is -1.55. The third-order valence-electron chi connectivity index (χ3n) is 7.98. The van der Waals surface area contributed by atoms with Gasteiger partial charge in [-0.2, -0.15) is 0 Å². The molecule has 0 radical (unpaired) electrons. The Morgan fingerprint density at radius 3 is 2.41 bits per heavy atom. The number of rotatable bonds is 4. The highest BCUT2D eigenvalue weighted by Crippen LogP contribution is 2.60. The minimum Gasteiger partial charge on any atom is -0.340 e. The number of likely N-dealkylation sites (N-methyl/N-ethyl adjacent to an activating group) is 1. The zero-order valence-corrected chi connectivity index (χ0v) is 18.0. The van der Waals surface area contributed by atoms with Crippen molar-refractivity contribution in [3.05, 3.63) is 34.9 Å². The number of carbonyl (C=O) groups is 2. The molecule has 1 heterocycles. The smallest absolute Gasteiger partial charge is 0.245 e. The Labute approximate surface area is 178 Å². The van der Waals surface area contributed by atoms with Gasteiger partial charge in [0.1, 0.15) is 6.04 Å². The molecule has 0 spiro atoms. The molecule has 1 atom stereocenters. The van der Waals surface area contributed by atoms with E-state index >= 15 is 0 Å². The number of hydrogen-bond donors (Lipinski definition) is 0. The van der Waals surface area contributed by atoms with Gasteiger partial charge in [-0.15, -0.1) is 0 Å². The largest absolute Gasteiger partial charge is 0.340 e. The summed E-state index contributed by atoms with van der Waals surface area (Å²) in [6.07, 6.45) is 8.90. The molecule has 5 fully saturated rings.